The van der Waals surface area contributed by atoms with Gasteiger partial charge >= 0.3 is 11.8 Å². The molecule has 4 atom stereocenters. The molecule has 0 aliphatic carbocycles. The van der Waals surface area contributed by atoms with Gasteiger partial charge in [-0.1, -0.05) is 36.4 Å². The Morgan fingerprint density at radius 1 is 0.800 bits per heavy atom. The summed E-state index contributed by atoms with van der Waals surface area (Å²) in [6.07, 6.45) is 0.0233. The minimum atomic E-state index is -1.25. The van der Waals surface area contributed by atoms with Crippen molar-refractivity contribution in [2.75, 3.05) is 19.6 Å². The zero-order valence-corrected chi connectivity index (χ0v) is 24.3. The van der Waals surface area contributed by atoms with Crippen LogP contribution in [-0.2, 0) is 28.8 Å². The molecule has 2 aliphatic heterocycles. The van der Waals surface area contributed by atoms with Crippen molar-refractivity contribution in [3.63, 3.8) is 0 Å². The van der Waals surface area contributed by atoms with Gasteiger partial charge in [0.25, 0.3) is 5.91 Å². The van der Waals surface area contributed by atoms with Gasteiger partial charge in [-0.25, -0.2) is 4.98 Å². The standard InChI is InChI=1S/C30H32N8O7/c1-15(39)34-16-11-23(38(14-16)30(45)27(32)42)28(43)35-17-10-22(26(31)41)37(13-17)24(40)12-33-29(44)25-18-6-2-4-8-20(18)36-21-9-5-3-7-19(21)25/h2-9,16-17,22-23H,10-14H2,1H3,(H2,31,41)(H2,32,42)(H,33,44)(H,34,39)(H,35,43). The second-order valence-corrected chi connectivity index (χ2v) is 11.1. The molecule has 7 amide bonds. The number of amides is 7. The Labute approximate surface area is 256 Å². The lowest BCUT2D eigenvalue weighted by molar-refractivity contribution is -0.147. The van der Waals surface area contributed by atoms with E-state index in [-0.39, 0.29) is 31.8 Å². The van der Waals surface area contributed by atoms with Crippen LogP contribution in [0.15, 0.2) is 48.5 Å². The topological polar surface area (TPSA) is 227 Å². The first-order valence-electron chi connectivity index (χ1n) is 14.3. The molecule has 2 fully saturated rings. The first kappa shape index (κ1) is 30.8. The van der Waals surface area contributed by atoms with Crippen LogP contribution >= 0.6 is 0 Å². The molecule has 15 nitrogen and oxygen atoms in total. The molecule has 2 aliphatic rings. The number of rotatable bonds is 7. The monoisotopic (exact) mass is 616 g/mol. The molecular weight excluding hydrogens is 584 g/mol. The molecule has 7 N–H and O–H groups in total. The number of carbonyl (C=O) groups excluding carboxylic acids is 7. The Morgan fingerprint density at radius 3 is 1.93 bits per heavy atom. The Morgan fingerprint density at radius 2 is 1.36 bits per heavy atom. The Balaban J connectivity index is 1.28. The number of nitrogens with zero attached hydrogens (tertiary/aromatic N) is 3. The molecule has 0 radical (unpaired) electrons. The third-order valence-corrected chi connectivity index (χ3v) is 7.99. The molecule has 3 aromatic rings. The van der Waals surface area contributed by atoms with Crippen molar-refractivity contribution < 1.29 is 33.6 Å². The van der Waals surface area contributed by atoms with Crippen molar-refractivity contribution in [2.45, 2.75) is 43.9 Å². The normalized spacial score (nSPS) is 21.0. The summed E-state index contributed by atoms with van der Waals surface area (Å²) in [6, 6.07) is 10.8. The highest BCUT2D eigenvalue weighted by Crippen LogP contribution is 2.26. The van der Waals surface area contributed by atoms with E-state index in [1.807, 2.05) is 12.1 Å². The zero-order chi connectivity index (χ0) is 32.4. The number of hydrogen-bond acceptors (Lipinski definition) is 8. The second kappa shape index (κ2) is 12.6. The van der Waals surface area contributed by atoms with E-state index in [0.717, 1.165) is 4.90 Å². The molecular formula is C30H32N8O7. The lowest BCUT2D eigenvalue weighted by Crippen LogP contribution is -2.52. The van der Waals surface area contributed by atoms with Gasteiger partial charge in [-0.15, -0.1) is 0 Å². The van der Waals surface area contributed by atoms with Gasteiger partial charge in [0.1, 0.15) is 12.1 Å². The largest absolute Gasteiger partial charge is 0.368 e. The number of benzene rings is 2. The summed E-state index contributed by atoms with van der Waals surface area (Å²) in [7, 11) is 0. The summed E-state index contributed by atoms with van der Waals surface area (Å²) in [5.41, 5.74) is 12.3. The second-order valence-electron chi connectivity index (χ2n) is 11.1. The summed E-state index contributed by atoms with van der Waals surface area (Å²) in [5.74, 6) is -5.25. The van der Waals surface area contributed by atoms with Crippen LogP contribution in [0.5, 0.6) is 0 Å². The van der Waals surface area contributed by atoms with Crippen LogP contribution in [0.1, 0.15) is 30.1 Å². The van der Waals surface area contributed by atoms with Crippen LogP contribution in [0.2, 0.25) is 0 Å². The van der Waals surface area contributed by atoms with Crippen LogP contribution in [0.3, 0.4) is 0 Å². The van der Waals surface area contributed by atoms with Crippen molar-refractivity contribution in [3.05, 3.63) is 54.1 Å². The van der Waals surface area contributed by atoms with Crippen LogP contribution < -0.4 is 27.4 Å². The van der Waals surface area contributed by atoms with E-state index in [4.69, 9.17) is 11.5 Å². The van der Waals surface area contributed by atoms with E-state index in [9.17, 15) is 33.6 Å². The third kappa shape index (κ3) is 6.37. The predicted octanol–water partition coefficient (Wildman–Crippen LogP) is -1.72. The molecule has 0 bridgehead atoms. The minimum Gasteiger partial charge on any atom is -0.368 e. The maximum absolute atomic E-state index is 13.4. The van der Waals surface area contributed by atoms with Gasteiger partial charge in [0.2, 0.25) is 23.6 Å². The van der Waals surface area contributed by atoms with Crippen molar-refractivity contribution in [2.24, 2.45) is 11.5 Å². The van der Waals surface area contributed by atoms with Gasteiger partial charge in [-0.2, -0.15) is 0 Å². The minimum absolute atomic E-state index is 0.00794. The molecule has 2 aromatic carbocycles. The molecule has 5 rings (SSSR count). The number of nitrogens with one attached hydrogen (secondary N) is 3. The smallest absolute Gasteiger partial charge is 0.312 e. The van der Waals surface area contributed by atoms with Crippen molar-refractivity contribution in [1.82, 2.24) is 30.7 Å². The zero-order valence-electron chi connectivity index (χ0n) is 24.3. The Kier molecular flexibility index (Phi) is 8.61. The summed E-state index contributed by atoms with van der Waals surface area (Å²) in [4.78, 5) is 94.6. The SMILES string of the molecule is CC(=O)NC1CC(C(=O)NC2CC(C(N)=O)N(C(=O)CNC(=O)c3c4ccccc4nc4ccccc34)C2)N(C(=O)C(N)=O)C1. The number of carbonyl (C=O) groups is 7. The molecule has 0 saturated carbocycles. The average Bonchev–Trinajstić information content (AvgIpc) is 3.62. The van der Waals surface area contributed by atoms with Crippen molar-refractivity contribution in [1.29, 1.82) is 0 Å². The molecule has 3 heterocycles. The highest BCUT2D eigenvalue weighted by Gasteiger charge is 2.44. The van der Waals surface area contributed by atoms with E-state index >= 15 is 0 Å². The third-order valence-electron chi connectivity index (χ3n) is 7.99. The molecule has 4 unspecified atom stereocenters. The van der Waals surface area contributed by atoms with Gasteiger partial charge in [0, 0.05) is 42.9 Å². The molecule has 45 heavy (non-hydrogen) atoms. The molecule has 15 heteroatoms. The van der Waals surface area contributed by atoms with Crippen LogP contribution in [0, 0.1) is 0 Å². The fourth-order valence-corrected chi connectivity index (χ4v) is 6.06. The van der Waals surface area contributed by atoms with Gasteiger partial charge < -0.3 is 37.2 Å². The van der Waals surface area contributed by atoms with Crippen molar-refractivity contribution in [3.8, 4) is 0 Å². The summed E-state index contributed by atoms with van der Waals surface area (Å²) in [6.45, 7) is 0.642. The van der Waals surface area contributed by atoms with E-state index in [0.29, 0.717) is 27.4 Å². The summed E-state index contributed by atoms with van der Waals surface area (Å²) in [5, 5.41) is 9.22. The predicted molar refractivity (Wildman–Crippen MR) is 160 cm³/mol. The number of primary amides is 2. The van der Waals surface area contributed by atoms with E-state index in [1.54, 1.807) is 36.4 Å². The van der Waals surface area contributed by atoms with Crippen LogP contribution in [0.25, 0.3) is 21.8 Å². The van der Waals surface area contributed by atoms with Gasteiger partial charge in [0.05, 0.1) is 23.1 Å². The highest BCUT2D eigenvalue weighted by atomic mass is 16.2. The molecule has 2 saturated heterocycles. The van der Waals surface area contributed by atoms with E-state index < -0.39 is 66.2 Å². The number of pyridine rings is 1. The number of fused-ring (bicyclic) bond motifs is 2. The Bertz CT molecular complexity index is 1690. The summed E-state index contributed by atoms with van der Waals surface area (Å²) < 4.78 is 0. The quantitative estimate of drug-likeness (QED) is 0.151. The average molecular weight is 617 g/mol. The lowest BCUT2D eigenvalue weighted by Gasteiger charge is -2.24. The number of likely N-dealkylation sites (tertiary alicyclic amines) is 2. The van der Waals surface area contributed by atoms with Crippen LogP contribution in [0.4, 0.5) is 0 Å². The lowest BCUT2D eigenvalue weighted by atomic mass is 10.0. The van der Waals surface area contributed by atoms with Crippen molar-refractivity contribution >= 4 is 63.2 Å². The fourth-order valence-electron chi connectivity index (χ4n) is 6.06. The van der Waals surface area contributed by atoms with Gasteiger partial charge in [0.15, 0.2) is 0 Å². The maximum Gasteiger partial charge on any atom is 0.312 e. The van der Waals surface area contributed by atoms with Gasteiger partial charge in [-0.05, 0) is 25.0 Å². The van der Waals surface area contributed by atoms with E-state index in [2.05, 4.69) is 20.9 Å². The molecule has 234 valence electrons. The first-order chi connectivity index (χ1) is 21.4. The first-order valence-corrected chi connectivity index (χ1v) is 14.3. The fraction of sp³-hybridized carbons (Fsp3) is 0.333. The highest BCUT2D eigenvalue weighted by molar-refractivity contribution is 6.34. The molecule has 0 spiro atoms. The summed E-state index contributed by atoms with van der Waals surface area (Å²) >= 11 is 0. The number of aromatic nitrogens is 1. The maximum atomic E-state index is 13.4. The Hall–Kier alpha value is -5.60. The number of nitrogens with two attached hydrogens (primary N) is 2. The number of hydrogen-bond donors (Lipinski definition) is 5. The number of para-hydroxylation sites is 2. The molecule has 1 aromatic heterocycles. The van der Waals surface area contributed by atoms with E-state index in [1.165, 1.54) is 11.8 Å². The van der Waals surface area contributed by atoms with Crippen LogP contribution in [-0.4, -0.2) is 99.9 Å². The van der Waals surface area contributed by atoms with Gasteiger partial charge in [-0.3, -0.25) is 33.6 Å².